The number of fused-ring (bicyclic) bond motifs is 1. The number of piperidine rings is 1. The van der Waals surface area contributed by atoms with Crippen LogP contribution in [-0.4, -0.2) is 43.4 Å². The van der Waals surface area contributed by atoms with Crippen molar-refractivity contribution in [2.45, 2.75) is 31.6 Å². The smallest absolute Gasteiger partial charge is 0.170 e. The van der Waals surface area contributed by atoms with Crippen LogP contribution < -0.4 is 9.47 Å². The summed E-state index contributed by atoms with van der Waals surface area (Å²) in [7, 11) is 1.64. The van der Waals surface area contributed by atoms with Gasteiger partial charge in [-0.2, -0.15) is 0 Å². The predicted molar refractivity (Wildman–Crippen MR) is 109 cm³/mol. The maximum atomic E-state index is 13.3. The first-order valence-electron chi connectivity index (χ1n) is 10.2. The van der Waals surface area contributed by atoms with Gasteiger partial charge in [-0.3, -0.25) is 0 Å². The van der Waals surface area contributed by atoms with Crippen molar-refractivity contribution in [2.75, 3.05) is 33.4 Å². The average molecular weight is 397 g/mol. The first kappa shape index (κ1) is 19.7. The van der Waals surface area contributed by atoms with E-state index in [2.05, 4.69) is 16.1 Å². The molecule has 4 rings (SSSR count). The van der Waals surface area contributed by atoms with E-state index in [9.17, 15) is 4.39 Å². The molecule has 0 spiro atoms. The number of hydrogen-bond donors (Lipinski definition) is 0. The standard InChI is InChI=1S/C23H26FN2O3/c1-27-20-6-2-3-7-21(20)28-15-5-4-12-26-13-10-17(11-14-26)23-19-9-8-18(24)16-22(19)29-25-23/h3,6-9,16-17H,4-5,10-15H2,1H3. The van der Waals surface area contributed by atoms with Crippen molar-refractivity contribution >= 4 is 11.0 Å². The molecule has 1 aromatic heterocycles. The lowest BCUT2D eigenvalue weighted by Crippen LogP contribution is -2.34. The van der Waals surface area contributed by atoms with Crippen molar-refractivity contribution in [3.05, 3.63) is 54.0 Å². The Morgan fingerprint density at radius 1 is 1.21 bits per heavy atom. The Balaban J connectivity index is 1.19. The minimum atomic E-state index is -0.289. The number of nitrogens with zero attached hydrogens (tertiary/aromatic N) is 2. The van der Waals surface area contributed by atoms with Crippen LogP contribution in [0.25, 0.3) is 11.0 Å². The van der Waals surface area contributed by atoms with Gasteiger partial charge in [0.05, 0.1) is 19.4 Å². The van der Waals surface area contributed by atoms with Crippen LogP contribution in [0.1, 0.15) is 37.3 Å². The Bertz CT molecular complexity index is 935. The number of benzene rings is 2. The van der Waals surface area contributed by atoms with Gasteiger partial charge in [0.2, 0.25) is 0 Å². The lowest BCUT2D eigenvalue weighted by molar-refractivity contribution is 0.199. The topological polar surface area (TPSA) is 47.7 Å². The summed E-state index contributed by atoms with van der Waals surface area (Å²) in [5, 5.41) is 5.17. The van der Waals surface area contributed by atoms with Crippen molar-refractivity contribution in [1.29, 1.82) is 0 Å². The van der Waals surface area contributed by atoms with Crippen LogP contribution in [0.15, 0.2) is 40.9 Å². The molecule has 0 aliphatic carbocycles. The van der Waals surface area contributed by atoms with Gasteiger partial charge in [0, 0.05) is 17.4 Å². The van der Waals surface area contributed by atoms with E-state index in [4.69, 9.17) is 14.0 Å². The summed E-state index contributed by atoms with van der Waals surface area (Å²) >= 11 is 0. The van der Waals surface area contributed by atoms with Crippen molar-refractivity contribution in [3.63, 3.8) is 0 Å². The summed E-state index contributed by atoms with van der Waals surface area (Å²) in [5.41, 5.74) is 1.51. The highest BCUT2D eigenvalue weighted by molar-refractivity contribution is 5.79. The minimum absolute atomic E-state index is 0.289. The van der Waals surface area contributed by atoms with Crippen molar-refractivity contribution in [3.8, 4) is 11.5 Å². The van der Waals surface area contributed by atoms with Gasteiger partial charge in [0.1, 0.15) is 5.82 Å². The average Bonchev–Trinajstić information content (AvgIpc) is 3.17. The molecular formula is C23H26FN2O3. The normalized spacial score (nSPS) is 15.7. The Morgan fingerprint density at radius 3 is 2.90 bits per heavy atom. The number of hydrogen-bond acceptors (Lipinski definition) is 5. The summed E-state index contributed by atoms with van der Waals surface area (Å²) in [6, 6.07) is 13.1. The lowest BCUT2D eigenvalue weighted by atomic mass is 9.91. The van der Waals surface area contributed by atoms with Gasteiger partial charge in [-0.05, 0) is 75.6 Å². The molecule has 29 heavy (non-hydrogen) atoms. The molecule has 3 aromatic rings. The van der Waals surface area contributed by atoms with E-state index in [-0.39, 0.29) is 5.82 Å². The van der Waals surface area contributed by atoms with E-state index >= 15 is 0 Å². The Hall–Kier alpha value is -2.60. The van der Waals surface area contributed by atoms with E-state index in [0.29, 0.717) is 18.1 Å². The SMILES string of the molecule is COc1c[c]ccc1OCCCCN1CCC(c2noc3cc(F)ccc23)CC1. The van der Waals surface area contributed by atoms with Gasteiger partial charge in [-0.1, -0.05) is 11.2 Å². The molecule has 0 unspecified atom stereocenters. The van der Waals surface area contributed by atoms with Crippen molar-refractivity contribution in [2.24, 2.45) is 0 Å². The maximum absolute atomic E-state index is 13.3. The molecule has 6 heteroatoms. The van der Waals surface area contributed by atoms with Crippen LogP contribution in [-0.2, 0) is 0 Å². The van der Waals surface area contributed by atoms with E-state index < -0.39 is 0 Å². The number of unbranched alkanes of at least 4 members (excludes halogenated alkanes) is 1. The number of halogens is 1. The third-order valence-electron chi connectivity index (χ3n) is 5.57. The molecule has 1 radical (unpaired) electrons. The second kappa shape index (κ2) is 9.27. The van der Waals surface area contributed by atoms with Crippen molar-refractivity contribution in [1.82, 2.24) is 10.1 Å². The molecule has 0 atom stereocenters. The van der Waals surface area contributed by atoms with Gasteiger partial charge in [0.25, 0.3) is 0 Å². The molecule has 0 bridgehead atoms. The van der Waals surface area contributed by atoms with Gasteiger partial charge < -0.3 is 18.9 Å². The molecule has 2 aromatic carbocycles. The van der Waals surface area contributed by atoms with Crippen LogP contribution in [0.4, 0.5) is 4.39 Å². The fourth-order valence-electron chi connectivity index (χ4n) is 3.95. The molecule has 1 aliphatic heterocycles. The highest BCUT2D eigenvalue weighted by Crippen LogP contribution is 2.33. The fourth-order valence-corrected chi connectivity index (χ4v) is 3.95. The van der Waals surface area contributed by atoms with E-state index in [1.54, 1.807) is 19.2 Å². The Kier molecular flexibility index (Phi) is 6.30. The third-order valence-corrected chi connectivity index (χ3v) is 5.57. The molecule has 5 nitrogen and oxygen atoms in total. The molecule has 153 valence electrons. The van der Waals surface area contributed by atoms with E-state index in [1.807, 2.05) is 12.1 Å². The first-order valence-corrected chi connectivity index (χ1v) is 10.2. The largest absolute Gasteiger partial charge is 0.493 e. The number of likely N-dealkylation sites (tertiary alicyclic amines) is 1. The Morgan fingerprint density at radius 2 is 2.07 bits per heavy atom. The van der Waals surface area contributed by atoms with Crippen LogP contribution >= 0.6 is 0 Å². The van der Waals surface area contributed by atoms with Gasteiger partial charge in [-0.25, -0.2) is 4.39 Å². The van der Waals surface area contributed by atoms with E-state index in [0.717, 1.165) is 67.9 Å². The number of rotatable bonds is 8. The molecule has 0 saturated carbocycles. The summed E-state index contributed by atoms with van der Waals surface area (Å²) in [5.74, 6) is 1.58. The highest BCUT2D eigenvalue weighted by Gasteiger charge is 2.24. The lowest BCUT2D eigenvalue weighted by Gasteiger charge is -2.31. The van der Waals surface area contributed by atoms with Crippen LogP contribution in [0.3, 0.4) is 0 Å². The molecule has 0 amide bonds. The molecular weight excluding hydrogens is 371 g/mol. The van der Waals surface area contributed by atoms with Crippen LogP contribution in [0, 0.1) is 11.9 Å². The summed E-state index contributed by atoms with van der Waals surface area (Å²) in [6.07, 6.45) is 4.19. The summed E-state index contributed by atoms with van der Waals surface area (Å²) in [6.45, 7) is 3.84. The fraction of sp³-hybridized carbons (Fsp3) is 0.435. The second-order valence-corrected chi connectivity index (χ2v) is 7.46. The van der Waals surface area contributed by atoms with Crippen LogP contribution in [0.5, 0.6) is 11.5 Å². The maximum Gasteiger partial charge on any atom is 0.170 e. The van der Waals surface area contributed by atoms with Gasteiger partial charge in [0.15, 0.2) is 17.1 Å². The van der Waals surface area contributed by atoms with E-state index in [1.165, 1.54) is 12.1 Å². The second-order valence-electron chi connectivity index (χ2n) is 7.46. The summed E-state index contributed by atoms with van der Waals surface area (Å²) < 4.78 is 29.8. The molecule has 1 aliphatic rings. The van der Waals surface area contributed by atoms with Crippen LogP contribution in [0.2, 0.25) is 0 Å². The first-order chi connectivity index (χ1) is 14.2. The molecule has 2 heterocycles. The quantitative estimate of drug-likeness (QED) is 0.510. The Labute approximate surface area is 170 Å². The monoisotopic (exact) mass is 397 g/mol. The zero-order chi connectivity index (χ0) is 20.1. The molecule has 0 N–H and O–H groups in total. The minimum Gasteiger partial charge on any atom is -0.493 e. The zero-order valence-corrected chi connectivity index (χ0v) is 16.7. The molecule has 1 saturated heterocycles. The third kappa shape index (κ3) is 4.70. The van der Waals surface area contributed by atoms with Crippen molar-refractivity contribution < 1.29 is 18.4 Å². The number of ether oxygens (including phenoxy) is 2. The van der Waals surface area contributed by atoms with Gasteiger partial charge in [-0.15, -0.1) is 0 Å². The highest BCUT2D eigenvalue weighted by atomic mass is 19.1. The van der Waals surface area contributed by atoms with Gasteiger partial charge >= 0.3 is 0 Å². The summed E-state index contributed by atoms with van der Waals surface area (Å²) in [4.78, 5) is 2.50. The zero-order valence-electron chi connectivity index (χ0n) is 16.7. The number of aromatic nitrogens is 1. The number of methoxy groups -OCH3 is 1. The predicted octanol–water partition coefficient (Wildman–Crippen LogP) is 4.81. The molecule has 1 fully saturated rings.